The number of aromatic nitrogens is 3. The molecule has 0 aliphatic carbocycles. The van der Waals surface area contributed by atoms with Gasteiger partial charge >= 0.3 is 237 Å². The van der Waals surface area contributed by atoms with Crippen LogP contribution in [-0.2, 0) is 0 Å². The van der Waals surface area contributed by atoms with Gasteiger partial charge in [-0.3, -0.25) is 0 Å². The van der Waals surface area contributed by atoms with Crippen LogP contribution in [0.4, 0.5) is 0 Å². The predicted octanol–water partition coefficient (Wildman–Crippen LogP) is 10.2. The van der Waals surface area contributed by atoms with Crippen LogP contribution in [0.1, 0.15) is 0 Å². The molecule has 0 fully saturated rings. The molecule has 0 spiro atoms. The van der Waals surface area contributed by atoms with E-state index in [1.165, 1.54) is 46.4 Å². The van der Waals surface area contributed by atoms with Crippen LogP contribution in [0, 0.1) is 0 Å². The van der Waals surface area contributed by atoms with Gasteiger partial charge in [-0.1, -0.05) is 30.3 Å². The third-order valence-corrected chi connectivity index (χ3v) is 11.1. The minimum absolute atomic E-state index is 0.215. The Morgan fingerprint density at radius 1 is 0.378 bits per heavy atom. The molecule has 3 nitrogen and oxygen atoms in total. The van der Waals surface area contributed by atoms with Crippen molar-refractivity contribution in [3.8, 4) is 45.3 Å². The van der Waals surface area contributed by atoms with E-state index in [0.717, 1.165) is 22.3 Å². The van der Waals surface area contributed by atoms with Gasteiger partial charge in [-0.2, -0.15) is 0 Å². The predicted molar refractivity (Wildman–Crippen MR) is 189 cm³/mol. The second-order valence-electron chi connectivity index (χ2n) is 11.2. The first-order valence-electron chi connectivity index (χ1n) is 15.0. The number of hydrogen-bond acceptors (Lipinski definition) is 3. The topological polar surface area (TPSA) is 38.7 Å². The number of hydrogen-bond donors (Lipinski definition) is 0. The summed E-state index contributed by atoms with van der Waals surface area (Å²) in [7, 11) is 0. The van der Waals surface area contributed by atoms with E-state index in [4.69, 9.17) is 15.0 Å². The molecule has 0 unspecified atom stereocenters. The van der Waals surface area contributed by atoms with Crippen molar-refractivity contribution < 1.29 is 0 Å². The Hall–Kier alpha value is -5.41. The molecule has 0 saturated carbocycles. The fraction of sp³-hybridized carbons (Fsp3) is 0. The number of nitrogens with zero attached hydrogens (tertiary/aromatic N) is 3. The van der Waals surface area contributed by atoms with Crippen molar-refractivity contribution >= 4 is 55.3 Å². The van der Waals surface area contributed by atoms with Crippen LogP contribution in [0.5, 0.6) is 0 Å². The van der Waals surface area contributed by atoms with Gasteiger partial charge < -0.3 is 0 Å². The summed E-state index contributed by atoms with van der Waals surface area (Å²) in [6, 6.07) is 53.5. The van der Waals surface area contributed by atoms with Crippen LogP contribution in [0.3, 0.4) is 0 Å². The summed E-state index contributed by atoms with van der Waals surface area (Å²) in [5.74, 6) is 2.02. The Morgan fingerprint density at radius 3 is 1.67 bits per heavy atom. The summed E-state index contributed by atoms with van der Waals surface area (Å²) in [6.45, 7) is 0. The van der Waals surface area contributed by atoms with Crippen molar-refractivity contribution in [1.82, 2.24) is 15.0 Å². The maximum Gasteiger partial charge on any atom is -0.0544 e. The quantitative estimate of drug-likeness (QED) is 0.142. The molecular formula is C41H25N3Se. The Kier molecular flexibility index (Phi) is 6.15. The van der Waals surface area contributed by atoms with Gasteiger partial charge in [0.15, 0.2) is 0 Å². The third-order valence-electron chi connectivity index (χ3n) is 8.53. The molecule has 0 amide bonds. The average Bonchev–Trinajstić information content (AvgIpc) is 3.51. The summed E-state index contributed by atoms with van der Waals surface area (Å²) < 4.78 is 2.88. The summed E-state index contributed by atoms with van der Waals surface area (Å²) in [4.78, 5) is 15.3. The summed E-state index contributed by atoms with van der Waals surface area (Å²) in [5, 5.41) is 7.66. The zero-order valence-electron chi connectivity index (χ0n) is 24.2. The summed E-state index contributed by atoms with van der Waals surface area (Å²) >= 11 is 0.215. The molecule has 7 aromatic carbocycles. The Bertz CT molecular complexity index is 2520. The molecule has 0 aliphatic rings. The second-order valence-corrected chi connectivity index (χ2v) is 13.4. The molecule has 9 aromatic rings. The molecule has 0 N–H and O–H groups in total. The van der Waals surface area contributed by atoms with E-state index in [-0.39, 0.29) is 14.5 Å². The van der Waals surface area contributed by atoms with E-state index >= 15 is 0 Å². The second kappa shape index (κ2) is 10.6. The maximum absolute atomic E-state index is 5.17. The molecule has 0 bridgehead atoms. The molecule has 2 heterocycles. The van der Waals surface area contributed by atoms with Gasteiger partial charge in [-0.05, 0) is 0 Å². The molecular weight excluding hydrogens is 613 g/mol. The largest absolute Gasteiger partial charge is 0.0617 e. The number of rotatable bonds is 4. The normalized spacial score (nSPS) is 11.6. The third kappa shape index (κ3) is 4.46. The van der Waals surface area contributed by atoms with E-state index < -0.39 is 0 Å². The average molecular weight is 639 g/mol. The standard InChI is InChI=1S/C41H25N3Se/c1-3-11-26(12-4-1)27-19-21-29(22-20-27)40-42-39(28-13-5-2-6-14-28)43-41(44-40)35-25-30-15-7-8-16-31(30)37-33(35)23-24-34-32-17-9-10-18-36(32)45-38(34)37/h1-25H. The molecule has 0 atom stereocenters. The summed E-state index contributed by atoms with van der Waals surface area (Å²) in [6.07, 6.45) is 0. The first kappa shape index (κ1) is 26.0. The van der Waals surface area contributed by atoms with Crippen LogP contribution in [0.2, 0.25) is 0 Å². The molecule has 0 aliphatic heterocycles. The molecule has 0 saturated heterocycles. The zero-order valence-corrected chi connectivity index (χ0v) is 25.9. The van der Waals surface area contributed by atoms with Gasteiger partial charge in [0.05, 0.1) is 0 Å². The van der Waals surface area contributed by atoms with E-state index in [0.29, 0.717) is 17.5 Å². The van der Waals surface area contributed by atoms with E-state index in [1.807, 2.05) is 24.3 Å². The van der Waals surface area contributed by atoms with Crippen LogP contribution >= 0.6 is 0 Å². The van der Waals surface area contributed by atoms with Gasteiger partial charge in [0.2, 0.25) is 0 Å². The SMILES string of the molecule is c1ccc(-c2ccc(-c3nc(-c4ccccc4)nc(-c4cc5ccccc5c5c4ccc4c6ccccc6[se]c45)n3)cc2)cc1. The fourth-order valence-electron chi connectivity index (χ4n) is 6.33. The Balaban J connectivity index is 1.31. The molecule has 9 rings (SSSR count). The van der Waals surface area contributed by atoms with Crippen LogP contribution in [0.15, 0.2) is 152 Å². The molecule has 4 heteroatoms. The molecule has 2 aromatic heterocycles. The van der Waals surface area contributed by atoms with Gasteiger partial charge in [0.1, 0.15) is 0 Å². The van der Waals surface area contributed by atoms with Crippen molar-refractivity contribution in [2.24, 2.45) is 0 Å². The van der Waals surface area contributed by atoms with E-state index in [1.54, 1.807) is 0 Å². The minimum atomic E-state index is 0.215. The Morgan fingerprint density at radius 2 is 0.911 bits per heavy atom. The monoisotopic (exact) mass is 639 g/mol. The number of benzene rings is 7. The molecule has 45 heavy (non-hydrogen) atoms. The smallest absolute Gasteiger partial charge is 0.0544 e. The van der Waals surface area contributed by atoms with Crippen molar-refractivity contribution in [2.45, 2.75) is 0 Å². The summed E-state index contributed by atoms with van der Waals surface area (Å²) in [5.41, 5.74) is 5.30. The van der Waals surface area contributed by atoms with E-state index in [9.17, 15) is 0 Å². The van der Waals surface area contributed by atoms with Gasteiger partial charge in [0, 0.05) is 0 Å². The van der Waals surface area contributed by atoms with E-state index in [2.05, 4.69) is 127 Å². The van der Waals surface area contributed by atoms with Crippen LogP contribution in [-0.4, -0.2) is 29.5 Å². The fourth-order valence-corrected chi connectivity index (χ4v) is 8.99. The minimum Gasteiger partial charge on any atom is -0.0617 e. The van der Waals surface area contributed by atoms with Gasteiger partial charge in [-0.25, -0.2) is 0 Å². The van der Waals surface area contributed by atoms with Crippen molar-refractivity contribution in [1.29, 1.82) is 0 Å². The first-order chi connectivity index (χ1) is 22.3. The maximum atomic E-state index is 5.17. The van der Waals surface area contributed by atoms with Crippen LogP contribution < -0.4 is 0 Å². The zero-order chi connectivity index (χ0) is 29.7. The molecule has 210 valence electrons. The van der Waals surface area contributed by atoms with Crippen molar-refractivity contribution in [2.75, 3.05) is 0 Å². The van der Waals surface area contributed by atoms with Gasteiger partial charge in [0.25, 0.3) is 0 Å². The number of fused-ring (bicyclic) bond motifs is 7. The van der Waals surface area contributed by atoms with Gasteiger partial charge in [-0.15, -0.1) is 0 Å². The van der Waals surface area contributed by atoms with Crippen molar-refractivity contribution in [3.05, 3.63) is 152 Å². The molecule has 0 radical (unpaired) electrons. The first-order valence-corrected chi connectivity index (χ1v) is 16.7. The van der Waals surface area contributed by atoms with Crippen LogP contribution in [0.25, 0.3) is 86.1 Å². The Labute approximate surface area is 266 Å². The van der Waals surface area contributed by atoms with Crippen molar-refractivity contribution in [3.63, 3.8) is 0 Å².